The Morgan fingerprint density at radius 1 is 1.64 bits per heavy atom. The first-order chi connectivity index (χ1) is 5.34. The lowest BCUT2D eigenvalue weighted by molar-refractivity contribution is 0.207. The van der Waals surface area contributed by atoms with Crippen molar-refractivity contribution in [2.45, 2.75) is 13.3 Å². The van der Waals surface area contributed by atoms with E-state index in [2.05, 4.69) is 0 Å². The molecule has 0 spiro atoms. The topological polar surface area (TPSA) is 29.5 Å². The lowest BCUT2D eigenvalue weighted by atomic mass is 10.3. The lowest BCUT2D eigenvalue weighted by Gasteiger charge is -2.05. The van der Waals surface area contributed by atoms with Crippen LogP contribution in [0.4, 0.5) is 0 Å². The summed E-state index contributed by atoms with van der Waals surface area (Å²) >= 11 is 0. The van der Waals surface area contributed by atoms with E-state index < -0.39 is 0 Å². The zero-order valence-corrected chi connectivity index (χ0v) is 6.58. The van der Waals surface area contributed by atoms with Crippen LogP contribution in [-0.2, 0) is 4.74 Å². The summed E-state index contributed by atoms with van der Waals surface area (Å²) in [5.41, 5.74) is 0. The fourth-order valence-corrected chi connectivity index (χ4v) is 0.888. The van der Waals surface area contributed by atoms with Crippen LogP contribution in [0.25, 0.3) is 0 Å². The molecule has 0 bridgehead atoms. The maximum Gasteiger partial charge on any atom is 0.157 e. The molecule has 0 unspecified atom stereocenters. The molecule has 0 saturated heterocycles. The van der Waals surface area contributed by atoms with Gasteiger partial charge < -0.3 is 9.84 Å². The van der Waals surface area contributed by atoms with Crippen LogP contribution in [0.15, 0.2) is 35.8 Å². The van der Waals surface area contributed by atoms with Crippen molar-refractivity contribution in [3.63, 3.8) is 0 Å². The first kappa shape index (κ1) is 7.92. The number of hydrogen-bond donors (Lipinski definition) is 1. The Morgan fingerprint density at radius 2 is 2.45 bits per heavy atom. The summed E-state index contributed by atoms with van der Waals surface area (Å²) in [6, 6.07) is 0. The van der Waals surface area contributed by atoms with Gasteiger partial charge in [0.15, 0.2) is 11.5 Å². The molecular formula is C9H12O2. The van der Waals surface area contributed by atoms with Gasteiger partial charge in [0.2, 0.25) is 0 Å². The molecule has 0 saturated carbocycles. The smallest absolute Gasteiger partial charge is 0.157 e. The Morgan fingerprint density at radius 3 is 3.18 bits per heavy atom. The van der Waals surface area contributed by atoms with E-state index in [0.29, 0.717) is 12.4 Å². The Kier molecular flexibility index (Phi) is 2.78. The van der Waals surface area contributed by atoms with Crippen molar-refractivity contribution in [3.05, 3.63) is 35.8 Å². The standard InChI is InChI=1S/C9H12O2/c1-2-11-9-7-5-3-4-6-8(9)10/h3-4,6-7,10H,2,5H2,1H3. The zero-order chi connectivity index (χ0) is 8.10. The normalized spacial score (nSPS) is 16.8. The first-order valence-electron chi connectivity index (χ1n) is 3.73. The largest absolute Gasteiger partial charge is 0.504 e. The summed E-state index contributed by atoms with van der Waals surface area (Å²) < 4.78 is 5.18. The average Bonchev–Trinajstić information content (AvgIpc) is 2.18. The minimum Gasteiger partial charge on any atom is -0.504 e. The maximum atomic E-state index is 9.30. The van der Waals surface area contributed by atoms with Crippen LogP contribution in [0.2, 0.25) is 0 Å². The molecule has 1 N–H and O–H groups in total. The Bertz CT molecular complexity index is 212. The molecule has 60 valence electrons. The number of aliphatic hydroxyl groups is 1. The number of aliphatic hydroxyl groups excluding tert-OH is 1. The monoisotopic (exact) mass is 152 g/mol. The molecule has 1 rings (SSSR count). The molecule has 11 heavy (non-hydrogen) atoms. The van der Waals surface area contributed by atoms with Crippen LogP contribution in [-0.4, -0.2) is 11.7 Å². The van der Waals surface area contributed by atoms with Crippen molar-refractivity contribution >= 4 is 0 Å². The predicted octanol–water partition coefficient (Wildman–Crippen LogP) is 2.31. The van der Waals surface area contributed by atoms with Crippen LogP contribution < -0.4 is 0 Å². The molecule has 0 amide bonds. The molecule has 0 aromatic heterocycles. The third kappa shape index (κ3) is 2.15. The van der Waals surface area contributed by atoms with E-state index in [4.69, 9.17) is 4.74 Å². The molecule has 0 heterocycles. The quantitative estimate of drug-likeness (QED) is 0.658. The SMILES string of the molecule is CCOC1=CCC=CC=C1O. The summed E-state index contributed by atoms with van der Waals surface area (Å²) in [5.74, 6) is 0.790. The van der Waals surface area contributed by atoms with Gasteiger partial charge in [-0.3, -0.25) is 0 Å². The molecule has 0 fully saturated rings. The van der Waals surface area contributed by atoms with E-state index in [1.54, 1.807) is 6.08 Å². The molecule has 2 heteroatoms. The highest BCUT2D eigenvalue weighted by molar-refractivity contribution is 5.27. The third-order valence-electron chi connectivity index (χ3n) is 1.38. The van der Waals surface area contributed by atoms with Crippen molar-refractivity contribution in [1.29, 1.82) is 0 Å². The minimum absolute atomic E-state index is 0.209. The van der Waals surface area contributed by atoms with Crippen molar-refractivity contribution in [2.24, 2.45) is 0 Å². The number of ether oxygens (including phenoxy) is 1. The lowest BCUT2D eigenvalue weighted by Crippen LogP contribution is -1.94. The zero-order valence-electron chi connectivity index (χ0n) is 6.58. The summed E-state index contributed by atoms with van der Waals surface area (Å²) in [6.07, 6.45) is 8.09. The highest BCUT2D eigenvalue weighted by atomic mass is 16.5. The predicted molar refractivity (Wildman–Crippen MR) is 44.2 cm³/mol. The molecular weight excluding hydrogens is 140 g/mol. The van der Waals surface area contributed by atoms with Crippen molar-refractivity contribution in [1.82, 2.24) is 0 Å². The van der Waals surface area contributed by atoms with Crippen LogP contribution in [0.3, 0.4) is 0 Å². The van der Waals surface area contributed by atoms with E-state index in [0.717, 1.165) is 6.42 Å². The van der Waals surface area contributed by atoms with E-state index >= 15 is 0 Å². The van der Waals surface area contributed by atoms with Gasteiger partial charge in [-0.1, -0.05) is 12.2 Å². The van der Waals surface area contributed by atoms with Crippen molar-refractivity contribution in [3.8, 4) is 0 Å². The van der Waals surface area contributed by atoms with Gasteiger partial charge in [-0.2, -0.15) is 0 Å². The van der Waals surface area contributed by atoms with Gasteiger partial charge in [0, 0.05) is 0 Å². The fraction of sp³-hybridized carbons (Fsp3) is 0.333. The van der Waals surface area contributed by atoms with Gasteiger partial charge in [0.05, 0.1) is 6.61 Å². The second-order valence-corrected chi connectivity index (χ2v) is 2.22. The van der Waals surface area contributed by atoms with Gasteiger partial charge in [-0.15, -0.1) is 0 Å². The minimum atomic E-state index is 0.209. The second kappa shape index (κ2) is 3.86. The highest BCUT2D eigenvalue weighted by Gasteiger charge is 2.02. The van der Waals surface area contributed by atoms with E-state index in [1.165, 1.54) is 0 Å². The van der Waals surface area contributed by atoms with E-state index in [-0.39, 0.29) is 5.76 Å². The highest BCUT2D eigenvalue weighted by Crippen LogP contribution is 2.12. The number of allylic oxidation sites excluding steroid dienone is 4. The molecule has 0 atom stereocenters. The summed E-state index contributed by atoms with van der Waals surface area (Å²) in [7, 11) is 0. The molecule has 1 aliphatic rings. The third-order valence-corrected chi connectivity index (χ3v) is 1.38. The summed E-state index contributed by atoms with van der Waals surface area (Å²) in [6.45, 7) is 2.48. The van der Waals surface area contributed by atoms with Gasteiger partial charge >= 0.3 is 0 Å². The fourth-order valence-electron chi connectivity index (χ4n) is 0.888. The Labute approximate surface area is 66.5 Å². The van der Waals surface area contributed by atoms with Crippen LogP contribution in [0.1, 0.15) is 13.3 Å². The Balaban J connectivity index is 2.69. The molecule has 0 aromatic rings. The van der Waals surface area contributed by atoms with Crippen LogP contribution in [0.5, 0.6) is 0 Å². The first-order valence-corrected chi connectivity index (χ1v) is 3.73. The molecule has 2 nitrogen and oxygen atoms in total. The van der Waals surface area contributed by atoms with Gasteiger partial charge in [-0.25, -0.2) is 0 Å². The molecule has 0 radical (unpaired) electrons. The number of rotatable bonds is 2. The summed E-state index contributed by atoms with van der Waals surface area (Å²) in [4.78, 5) is 0. The van der Waals surface area contributed by atoms with E-state index in [9.17, 15) is 5.11 Å². The van der Waals surface area contributed by atoms with Crippen LogP contribution in [0, 0.1) is 0 Å². The van der Waals surface area contributed by atoms with Crippen molar-refractivity contribution < 1.29 is 9.84 Å². The van der Waals surface area contributed by atoms with Gasteiger partial charge in [0.1, 0.15) is 0 Å². The van der Waals surface area contributed by atoms with Crippen molar-refractivity contribution in [2.75, 3.05) is 6.61 Å². The molecule has 0 aromatic carbocycles. The van der Waals surface area contributed by atoms with Gasteiger partial charge in [-0.05, 0) is 25.5 Å². The average molecular weight is 152 g/mol. The maximum absolute atomic E-state index is 9.30. The van der Waals surface area contributed by atoms with Crippen LogP contribution >= 0.6 is 0 Å². The van der Waals surface area contributed by atoms with Gasteiger partial charge in [0.25, 0.3) is 0 Å². The molecule has 0 aliphatic heterocycles. The number of hydrogen-bond acceptors (Lipinski definition) is 2. The van der Waals surface area contributed by atoms with E-state index in [1.807, 2.05) is 25.2 Å². The summed E-state index contributed by atoms with van der Waals surface area (Å²) in [5, 5.41) is 9.30. The second-order valence-electron chi connectivity index (χ2n) is 2.22. The molecule has 1 aliphatic carbocycles. The Hall–Kier alpha value is -1.18.